The Balaban J connectivity index is 2.28. The van der Waals surface area contributed by atoms with E-state index in [9.17, 15) is 5.11 Å². The zero-order chi connectivity index (χ0) is 13.7. The second-order valence-electron chi connectivity index (χ2n) is 4.50. The summed E-state index contributed by atoms with van der Waals surface area (Å²) in [6.45, 7) is 3.68. The molecular weight excluding hydrogens is 246 g/mol. The van der Waals surface area contributed by atoms with Gasteiger partial charge in [-0.3, -0.25) is 0 Å². The molecule has 106 valence electrons. The molecule has 1 aromatic heterocycles. The minimum absolute atomic E-state index is 0.0790. The van der Waals surface area contributed by atoms with E-state index in [1.54, 1.807) is 0 Å². The average molecular weight is 267 g/mol. The highest BCUT2D eigenvalue weighted by Crippen LogP contribution is 2.23. The van der Waals surface area contributed by atoms with Crippen molar-refractivity contribution in [3.05, 3.63) is 0 Å². The molecule has 2 heterocycles. The summed E-state index contributed by atoms with van der Waals surface area (Å²) in [6, 6.07) is 0.374. The molecule has 1 atom stereocenters. The van der Waals surface area contributed by atoms with Gasteiger partial charge in [-0.2, -0.15) is 15.0 Å². The molecule has 1 unspecified atom stereocenters. The summed E-state index contributed by atoms with van der Waals surface area (Å²) in [6.07, 6.45) is 3.17. The summed E-state index contributed by atoms with van der Waals surface area (Å²) < 4.78 is 5.11. The summed E-state index contributed by atoms with van der Waals surface area (Å²) in [4.78, 5) is 14.9. The number of hydrogen-bond donors (Lipinski definition) is 2. The first-order chi connectivity index (χ1) is 9.28. The van der Waals surface area contributed by atoms with Crippen LogP contribution in [0.15, 0.2) is 0 Å². The van der Waals surface area contributed by atoms with E-state index in [0.717, 1.165) is 32.4 Å². The van der Waals surface area contributed by atoms with Crippen molar-refractivity contribution in [1.82, 2.24) is 15.0 Å². The van der Waals surface area contributed by atoms with E-state index in [-0.39, 0.29) is 12.6 Å². The van der Waals surface area contributed by atoms with Crippen LogP contribution >= 0.6 is 0 Å². The Morgan fingerprint density at radius 3 is 2.89 bits per heavy atom. The lowest BCUT2D eigenvalue weighted by molar-refractivity contribution is 0.238. The molecule has 0 bridgehead atoms. The van der Waals surface area contributed by atoms with Gasteiger partial charge in [0.25, 0.3) is 0 Å². The third-order valence-electron chi connectivity index (χ3n) is 3.22. The van der Waals surface area contributed by atoms with E-state index < -0.39 is 0 Å². The standard InChI is InChI=1S/C12H21N5O2/c1-3-13-10-14-11(16-12(15-10)19-2)17-7-5-4-6-9(17)8-18/h9,18H,3-8H2,1-2H3,(H,13,14,15,16). The predicted octanol–water partition coefficient (Wildman–Crippen LogP) is 0.663. The lowest BCUT2D eigenvalue weighted by atomic mass is 10.0. The summed E-state index contributed by atoms with van der Waals surface area (Å²) in [5, 5.41) is 12.5. The monoisotopic (exact) mass is 267 g/mol. The van der Waals surface area contributed by atoms with Crippen LogP contribution in [0, 0.1) is 0 Å². The van der Waals surface area contributed by atoms with Gasteiger partial charge in [0, 0.05) is 13.1 Å². The van der Waals surface area contributed by atoms with Crippen LogP contribution in [-0.2, 0) is 0 Å². The van der Waals surface area contributed by atoms with Crippen LogP contribution in [-0.4, -0.2) is 52.9 Å². The SMILES string of the molecule is CCNc1nc(OC)nc(N2CCCCC2CO)n1. The van der Waals surface area contributed by atoms with Crippen LogP contribution in [0.1, 0.15) is 26.2 Å². The van der Waals surface area contributed by atoms with Crippen molar-refractivity contribution < 1.29 is 9.84 Å². The number of aliphatic hydroxyl groups is 1. The second-order valence-corrected chi connectivity index (χ2v) is 4.50. The molecule has 0 aliphatic carbocycles. The van der Waals surface area contributed by atoms with Crippen molar-refractivity contribution in [3.8, 4) is 6.01 Å². The van der Waals surface area contributed by atoms with Crippen LogP contribution < -0.4 is 15.0 Å². The van der Waals surface area contributed by atoms with E-state index in [2.05, 4.69) is 20.3 Å². The minimum Gasteiger partial charge on any atom is -0.467 e. The highest BCUT2D eigenvalue weighted by molar-refractivity contribution is 5.39. The number of methoxy groups -OCH3 is 1. The maximum absolute atomic E-state index is 9.46. The number of aliphatic hydroxyl groups excluding tert-OH is 1. The Morgan fingerprint density at radius 2 is 2.21 bits per heavy atom. The normalized spacial score (nSPS) is 19.3. The molecule has 2 rings (SSSR count). The predicted molar refractivity (Wildman–Crippen MR) is 72.6 cm³/mol. The summed E-state index contributed by atoms with van der Waals surface area (Å²) >= 11 is 0. The van der Waals surface area contributed by atoms with Gasteiger partial charge in [0.2, 0.25) is 11.9 Å². The molecule has 0 amide bonds. The number of anilines is 2. The molecule has 2 N–H and O–H groups in total. The van der Waals surface area contributed by atoms with Crippen molar-refractivity contribution in [2.45, 2.75) is 32.2 Å². The maximum atomic E-state index is 9.46. The molecule has 7 heteroatoms. The van der Waals surface area contributed by atoms with Gasteiger partial charge in [0.15, 0.2) is 0 Å². The van der Waals surface area contributed by atoms with E-state index >= 15 is 0 Å². The first kappa shape index (κ1) is 13.8. The zero-order valence-corrected chi connectivity index (χ0v) is 11.5. The lowest BCUT2D eigenvalue weighted by Gasteiger charge is -2.34. The van der Waals surface area contributed by atoms with Gasteiger partial charge in [0.05, 0.1) is 19.8 Å². The Hall–Kier alpha value is -1.63. The van der Waals surface area contributed by atoms with Crippen LogP contribution in [0.5, 0.6) is 6.01 Å². The van der Waals surface area contributed by atoms with Gasteiger partial charge >= 0.3 is 6.01 Å². The molecular formula is C12H21N5O2. The quantitative estimate of drug-likeness (QED) is 0.811. The third-order valence-corrected chi connectivity index (χ3v) is 3.22. The molecule has 19 heavy (non-hydrogen) atoms. The average Bonchev–Trinajstić information content (AvgIpc) is 2.47. The van der Waals surface area contributed by atoms with Crippen molar-refractivity contribution >= 4 is 11.9 Å². The van der Waals surface area contributed by atoms with E-state index in [1.165, 1.54) is 7.11 Å². The molecule has 1 aromatic rings. The minimum atomic E-state index is 0.0790. The molecule has 0 saturated carbocycles. The van der Waals surface area contributed by atoms with Gasteiger partial charge in [-0.05, 0) is 26.2 Å². The maximum Gasteiger partial charge on any atom is 0.322 e. The van der Waals surface area contributed by atoms with Crippen molar-refractivity contribution in [2.75, 3.05) is 37.0 Å². The smallest absolute Gasteiger partial charge is 0.322 e. The third kappa shape index (κ3) is 3.23. The second kappa shape index (κ2) is 6.51. The van der Waals surface area contributed by atoms with E-state index in [1.807, 2.05) is 11.8 Å². The summed E-state index contributed by atoms with van der Waals surface area (Å²) in [5.74, 6) is 1.08. The van der Waals surface area contributed by atoms with Crippen LogP contribution in [0.2, 0.25) is 0 Å². The van der Waals surface area contributed by atoms with Gasteiger partial charge < -0.3 is 20.1 Å². The molecule has 1 aliphatic heterocycles. The summed E-state index contributed by atoms with van der Waals surface area (Å²) in [5.41, 5.74) is 0. The number of piperidine rings is 1. The Kier molecular flexibility index (Phi) is 4.73. The fraction of sp³-hybridized carbons (Fsp3) is 0.750. The fourth-order valence-corrected chi connectivity index (χ4v) is 2.26. The van der Waals surface area contributed by atoms with Crippen molar-refractivity contribution in [1.29, 1.82) is 0 Å². The van der Waals surface area contributed by atoms with E-state index in [0.29, 0.717) is 17.9 Å². The first-order valence-electron chi connectivity index (χ1n) is 6.70. The fourth-order valence-electron chi connectivity index (χ4n) is 2.26. The zero-order valence-electron chi connectivity index (χ0n) is 11.5. The Bertz CT molecular complexity index is 415. The number of ether oxygens (including phenoxy) is 1. The first-order valence-corrected chi connectivity index (χ1v) is 6.70. The number of hydrogen-bond acceptors (Lipinski definition) is 7. The number of aromatic nitrogens is 3. The Labute approximate surface area is 113 Å². The van der Waals surface area contributed by atoms with Gasteiger partial charge in [-0.15, -0.1) is 0 Å². The highest BCUT2D eigenvalue weighted by Gasteiger charge is 2.25. The number of rotatable bonds is 5. The van der Waals surface area contributed by atoms with E-state index in [4.69, 9.17) is 4.74 Å². The molecule has 1 aliphatic rings. The molecule has 7 nitrogen and oxygen atoms in total. The number of nitrogens with zero attached hydrogens (tertiary/aromatic N) is 4. The number of nitrogens with one attached hydrogen (secondary N) is 1. The molecule has 0 spiro atoms. The molecule has 1 fully saturated rings. The molecule has 0 aromatic carbocycles. The Morgan fingerprint density at radius 1 is 1.37 bits per heavy atom. The van der Waals surface area contributed by atoms with Crippen molar-refractivity contribution in [2.24, 2.45) is 0 Å². The van der Waals surface area contributed by atoms with Gasteiger partial charge in [-0.25, -0.2) is 0 Å². The van der Waals surface area contributed by atoms with Crippen LogP contribution in [0.25, 0.3) is 0 Å². The van der Waals surface area contributed by atoms with Crippen molar-refractivity contribution in [3.63, 3.8) is 0 Å². The van der Waals surface area contributed by atoms with Gasteiger partial charge in [-0.1, -0.05) is 0 Å². The topological polar surface area (TPSA) is 83.4 Å². The van der Waals surface area contributed by atoms with Crippen LogP contribution in [0.4, 0.5) is 11.9 Å². The largest absolute Gasteiger partial charge is 0.467 e. The van der Waals surface area contributed by atoms with Crippen LogP contribution in [0.3, 0.4) is 0 Å². The highest BCUT2D eigenvalue weighted by atomic mass is 16.5. The van der Waals surface area contributed by atoms with Gasteiger partial charge in [0.1, 0.15) is 0 Å². The summed E-state index contributed by atoms with van der Waals surface area (Å²) in [7, 11) is 1.54. The molecule has 1 saturated heterocycles. The lowest BCUT2D eigenvalue weighted by Crippen LogP contribution is -2.43. The molecule has 0 radical (unpaired) electrons.